The lowest BCUT2D eigenvalue weighted by molar-refractivity contribution is 1.21. The van der Waals surface area contributed by atoms with E-state index < -0.39 is 0 Å². The third-order valence-corrected chi connectivity index (χ3v) is 10.2. The Hall–Kier alpha value is -5.38. The van der Waals surface area contributed by atoms with Crippen molar-refractivity contribution in [2.75, 3.05) is 5.73 Å². The maximum Gasteiger partial charge on any atom is 0.0620 e. The van der Waals surface area contributed by atoms with Crippen molar-refractivity contribution < 1.29 is 0 Å². The van der Waals surface area contributed by atoms with Gasteiger partial charge in [0.2, 0.25) is 0 Å². The first kappa shape index (κ1) is 25.1. The molecule has 44 heavy (non-hydrogen) atoms. The lowest BCUT2D eigenvalue weighted by Gasteiger charge is -2.11. The van der Waals surface area contributed by atoms with E-state index in [1.54, 1.807) is 0 Å². The minimum absolute atomic E-state index is 0.797. The molecule has 0 amide bonds. The number of rotatable bonds is 4. The molecule has 0 saturated heterocycles. The molecule has 0 spiro atoms. The first-order valence-corrected chi connectivity index (χ1v) is 15.8. The van der Waals surface area contributed by atoms with Gasteiger partial charge in [0, 0.05) is 52.8 Å². The summed E-state index contributed by atoms with van der Waals surface area (Å²) in [6, 6.07) is 41.7. The van der Waals surface area contributed by atoms with Crippen LogP contribution in [0.15, 0.2) is 128 Å². The van der Waals surface area contributed by atoms with Gasteiger partial charge in [-0.2, -0.15) is 0 Å². The lowest BCUT2D eigenvalue weighted by Crippen LogP contribution is -2.25. The number of hydrogen-bond acceptors (Lipinski definition) is 2. The maximum absolute atomic E-state index is 6.60. The fourth-order valence-electron chi connectivity index (χ4n) is 7.16. The third-order valence-electron chi connectivity index (χ3n) is 9.09. The zero-order valence-electron chi connectivity index (χ0n) is 24.0. The molecule has 0 radical (unpaired) electrons. The van der Waals surface area contributed by atoms with Gasteiger partial charge in [-0.1, -0.05) is 97.6 Å². The summed E-state index contributed by atoms with van der Waals surface area (Å²) in [5.41, 5.74) is 13.4. The topological polar surface area (TPSA) is 30.4 Å². The molecule has 0 bridgehead atoms. The summed E-state index contributed by atoms with van der Waals surface area (Å²) in [6.45, 7) is 4.10. The van der Waals surface area contributed by atoms with E-state index in [0.717, 1.165) is 23.2 Å². The molecule has 2 N–H and O–H groups in total. The van der Waals surface area contributed by atoms with E-state index in [9.17, 15) is 0 Å². The minimum atomic E-state index is 0.797. The zero-order chi connectivity index (χ0) is 29.4. The molecule has 6 aromatic carbocycles. The molecule has 0 atom stereocenters. The summed E-state index contributed by atoms with van der Waals surface area (Å²) >= 11 is 1.87. The molecule has 0 aliphatic heterocycles. The van der Waals surface area contributed by atoms with Crippen molar-refractivity contribution in [2.24, 2.45) is 0 Å². The van der Waals surface area contributed by atoms with Crippen molar-refractivity contribution in [3.63, 3.8) is 0 Å². The minimum Gasteiger partial charge on any atom is -0.398 e. The Morgan fingerprint density at radius 3 is 2.36 bits per heavy atom. The number of aromatic nitrogens is 1. The van der Waals surface area contributed by atoms with Crippen LogP contribution in [0.1, 0.15) is 5.56 Å². The number of allylic oxidation sites excluding steroid dienone is 1. The largest absolute Gasteiger partial charge is 0.398 e. The van der Waals surface area contributed by atoms with Crippen molar-refractivity contribution in [1.82, 2.24) is 4.40 Å². The SMILES string of the molecule is C=C/C=c1\c(=C/Cc2ccc3sc4ccccc4c3c2)c2cccc3c4cc5c(-c6ccccc6)c(N)ccc5cc4n1c23. The first-order valence-electron chi connectivity index (χ1n) is 15.0. The van der Waals surface area contributed by atoms with Crippen LogP contribution in [0.25, 0.3) is 81.4 Å². The lowest BCUT2D eigenvalue weighted by atomic mass is 9.95. The summed E-state index contributed by atoms with van der Waals surface area (Å²) in [5, 5.41) is 11.2. The van der Waals surface area contributed by atoms with E-state index in [0.29, 0.717) is 0 Å². The number of nitrogens with zero attached hydrogens (tertiary/aromatic N) is 1. The van der Waals surface area contributed by atoms with Crippen LogP contribution >= 0.6 is 11.3 Å². The van der Waals surface area contributed by atoms with Gasteiger partial charge in [-0.3, -0.25) is 0 Å². The van der Waals surface area contributed by atoms with Gasteiger partial charge in [-0.05, 0) is 70.8 Å². The highest BCUT2D eigenvalue weighted by Crippen LogP contribution is 2.39. The normalized spacial score (nSPS) is 13.1. The summed E-state index contributed by atoms with van der Waals surface area (Å²) in [5.74, 6) is 0. The van der Waals surface area contributed by atoms with E-state index in [1.165, 1.54) is 74.3 Å². The molecule has 0 aliphatic rings. The Kier molecular flexibility index (Phi) is 5.47. The second kappa shape index (κ2) is 9.57. The molecular formula is C41H28N2S. The van der Waals surface area contributed by atoms with Gasteiger partial charge in [0.25, 0.3) is 0 Å². The molecule has 3 aromatic heterocycles. The van der Waals surface area contributed by atoms with Gasteiger partial charge in [-0.15, -0.1) is 11.3 Å². The molecule has 208 valence electrons. The van der Waals surface area contributed by atoms with E-state index in [1.807, 2.05) is 29.5 Å². The van der Waals surface area contributed by atoms with E-state index in [2.05, 4.69) is 126 Å². The number of nitrogens with two attached hydrogens (primary N) is 1. The van der Waals surface area contributed by atoms with Gasteiger partial charge in [0.15, 0.2) is 0 Å². The maximum atomic E-state index is 6.60. The number of hydrogen-bond donors (Lipinski definition) is 1. The molecule has 3 heteroatoms. The van der Waals surface area contributed by atoms with Crippen molar-refractivity contribution in [3.8, 4) is 11.1 Å². The molecule has 0 aliphatic carbocycles. The number of benzene rings is 6. The monoisotopic (exact) mass is 580 g/mol. The second-order valence-corrected chi connectivity index (χ2v) is 12.6. The Bertz CT molecular complexity index is 2710. The van der Waals surface area contributed by atoms with Crippen molar-refractivity contribution >= 4 is 87.3 Å². The quantitative estimate of drug-likeness (QED) is 0.207. The Morgan fingerprint density at radius 2 is 1.48 bits per heavy atom. The van der Waals surface area contributed by atoms with Crippen LogP contribution < -0.4 is 16.3 Å². The van der Waals surface area contributed by atoms with Gasteiger partial charge in [0.05, 0.1) is 16.4 Å². The zero-order valence-corrected chi connectivity index (χ0v) is 24.9. The van der Waals surface area contributed by atoms with Crippen LogP contribution in [0.2, 0.25) is 0 Å². The Labute approximate surface area is 258 Å². The molecular weight excluding hydrogens is 553 g/mol. The summed E-state index contributed by atoms with van der Waals surface area (Å²) in [7, 11) is 0. The van der Waals surface area contributed by atoms with Gasteiger partial charge >= 0.3 is 0 Å². The van der Waals surface area contributed by atoms with Crippen molar-refractivity contribution in [1.29, 1.82) is 0 Å². The Morgan fingerprint density at radius 1 is 0.682 bits per heavy atom. The van der Waals surface area contributed by atoms with E-state index >= 15 is 0 Å². The highest BCUT2D eigenvalue weighted by molar-refractivity contribution is 7.25. The smallest absolute Gasteiger partial charge is 0.0620 e. The van der Waals surface area contributed by atoms with Crippen LogP contribution in [0.3, 0.4) is 0 Å². The predicted octanol–water partition coefficient (Wildman–Crippen LogP) is 9.44. The molecule has 0 saturated carbocycles. The van der Waals surface area contributed by atoms with Crippen LogP contribution in [0, 0.1) is 0 Å². The molecule has 9 aromatic rings. The highest BCUT2D eigenvalue weighted by Gasteiger charge is 2.18. The van der Waals surface area contributed by atoms with Gasteiger partial charge in [-0.25, -0.2) is 0 Å². The molecule has 0 fully saturated rings. The number of anilines is 1. The summed E-state index contributed by atoms with van der Waals surface area (Å²) < 4.78 is 5.11. The van der Waals surface area contributed by atoms with Crippen LogP contribution in [0.4, 0.5) is 5.69 Å². The first-order chi connectivity index (χ1) is 21.7. The second-order valence-electron chi connectivity index (χ2n) is 11.6. The Balaban J connectivity index is 1.29. The summed E-state index contributed by atoms with van der Waals surface area (Å²) in [6.07, 6.45) is 7.31. The van der Waals surface area contributed by atoms with Gasteiger partial charge < -0.3 is 10.1 Å². The average molecular weight is 581 g/mol. The molecule has 3 heterocycles. The summed E-state index contributed by atoms with van der Waals surface area (Å²) in [4.78, 5) is 0. The highest BCUT2D eigenvalue weighted by atomic mass is 32.1. The molecule has 0 unspecified atom stereocenters. The third kappa shape index (κ3) is 3.60. The number of fused-ring (bicyclic) bond motifs is 7. The molecule has 9 rings (SSSR count). The van der Waals surface area contributed by atoms with Crippen LogP contribution in [-0.2, 0) is 6.42 Å². The predicted molar refractivity (Wildman–Crippen MR) is 192 cm³/mol. The van der Waals surface area contributed by atoms with Crippen molar-refractivity contribution in [3.05, 3.63) is 144 Å². The fraction of sp³-hybridized carbons (Fsp3) is 0.0244. The fourth-order valence-corrected chi connectivity index (χ4v) is 8.25. The standard InChI is InChI=1S/C41H28N2S/c1-2-9-36-28(19-16-25-17-21-39-34(22-25)29-12-6-7-15-38(29)44-39)30-13-8-14-31-33-24-32-27(23-37(33)43(36)41(30)31)18-20-35(42)40(32)26-10-4-3-5-11-26/h2-15,17-24H,1,16,42H2/b28-19-,36-9+. The van der Waals surface area contributed by atoms with Crippen molar-refractivity contribution in [2.45, 2.75) is 6.42 Å². The van der Waals surface area contributed by atoms with Crippen LogP contribution in [0.5, 0.6) is 0 Å². The van der Waals surface area contributed by atoms with Crippen LogP contribution in [-0.4, -0.2) is 4.40 Å². The average Bonchev–Trinajstić information content (AvgIpc) is 3.69. The molecule has 2 nitrogen and oxygen atoms in total. The number of nitrogen functional groups attached to an aromatic ring is 1. The van der Waals surface area contributed by atoms with E-state index in [-0.39, 0.29) is 0 Å². The van der Waals surface area contributed by atoms with Gasteiger partial charge in [0.1, 0.15) is 0 Å². The number of thiophene rings is 1. The van der Waals surface area contributed by atoms with E-state index in [4.69, 9.17) is 5.73 Å². The number of para-hydroxylation sites is 1.